The van der Waals surface area contributed by atoms with Crippen LogP contribution in [0, 0.1) is 35.5 Å². The van der Waals surface area contributed by atoms with Crippen molar-refractivity contribution in [1.29, 1.82) is 0 Å². The first-order valence-electron chi connectivity index (χ1n) is 29.1. The van der Waals surface area contributed by atoms with Gasteiger partial charge < -0.3 is 78.2 Å². The summed E-state index contributed by atoms with van der Waals surface area (Å²) in [6.45, 7) is 11.3. The maximum Gasteiger partial charge on any atom is 0.511 e. The van der Waals surface area contributed by atoms with Gasteiger partial charge in [0.1, 0.15) is 42.3 Å². The highest BCUT2D eigenvalue weighted by molar-refractivity contribution is 6.39. The Morgan fingerprint density at radius 1 is 0.805 bits per heavy atom. The van der Waals surface area contributed by atoms with Crippen molar-refractivity contribution < 1.29 is 102 Å². The van der Waals surface area contributed by atoms with E-state index in [0.29, 0.717) is 57.8 Å². The molecule has 22 heteroatoms. The summed E-state index contributed by atoms with van der Waals surface area (Å²) in [6, 6.07) is -1.25. The highest BCUT2D eigenvalue weighted by Gasteiger charge is 2.53. The van der Waals surface area contributed by atoms with Crippen LogP contribution < -0.4 is 0 Å². The number of rotatable bonds is 12. The van der Waals surface area contributed by atoms with Crippen molar-refractivity contribution in [3.8, 4) is 0 Å². The van der Waals surface area contributed by atoms with Crippen LogP contribution in [0.5, 0.6) is 0 Å². The van der Waals surface area contributed by atoms with Gasteiger partial charge >= 0.3 is 12.1 Å². The molecule has 3 saturated heterocycles. The molecule has 0 aromatic carbocycles. The molecule has 0 aromatic heterocycles. The average Bonchev–Trinajstić information content (AvgIpc) is 3.06. The van der Waals surface area contributed by atoms with Crippen LogP contribution in [0.25, 0.3) is 0 Å². The number of aliphatic hydroxyl groups is 6. The van der Waals surface area contributed by atoms with Crippen LogP contribution in [-0.4, -0.2) is 204 Å². The average molecular weight is 1160 g/mol. The molecular formula is C60H93NO21. The van der Waals surface area contributed by atoms with Crippen molar-refractivity contribution in [2.45, 2.75) is 211 Å². The van der Waals surface area contributed by atoms with Gasteiger partial charge in [-0.1, -0.05) is 71.1 Å². The fourth-order valence-electron chi connectivity index (χ4n) is 12.0. The molecule has 4 fully saturated rings. The van der Waals surface area contributed by atoms with E-state index in [1.807, 2.05) is 51.2 Å². The molecule has 20 atom stereocenters. The van der Waals surface area contributed by atoms with Gasteiger partial charge in [-0.05, 0) is 107 Å². The third kappa shape index (κ3) is 17.9. The summed E-state index contributed by atoms with van der Waals surface area (Å²) in [6.07, 6.45) is -1.01. The van der Waals surface area contributed by atoms with Crippen molar-refractivity contribution >= 4 is 35.4 Å². The lowest BCUT2D eigenvalue weighted by Crippen LogP contribution is -2.61. The van der Waals surface area contributed by atoms with Crippen molar-refractivity contribution in [2.24, 2.45) is 35.5 Å². The number of carbonyl (C=O) groups is 6. The number of ketones is 3. The lowest BCUT2D eigenvalue weighted by atomic mass is 9.78. The van der Waals surface area contributed by atoms with Crippen LogP contribution in [-0.2, 0) is 66.6 Å². The predicted molar refractivity (Wildman–Crippen MR) is 295 cm³/mol. The van der Waals surface area contributed by atoms with Crippen LogP contribution in [0.15, 0.2) is 47.6 Å². The molecule has 2 unspecified atom stereocenters. The number of methoxy groups -OCH3 is 3. The van der Waals surface area contributed by atoms with Gasteiger partial charge in [0, 0.05) is 58.5 Å². The number of esters is 1. The number of piperidine rings is 1. The molecule has 0 spiro atoms. The third-order valence-corrected chi connectivity index (χ3v) is 17.1. The topological polar surface area (TPSA) is 310 Å². The van der Waals surface area contributed by atoms with Crippen LogP contribution in [0.1, 0.15) is 126 Å². The van der Waals surface area contributed by atoms with Gasteiger partial charge in [-0.15, -0.1) is 0 Å². The highest BCUT2D eigenvalue weighted by atomic mass is 16.8. The molecule has 1 saturated carbocycles. The summed E-state index contributed by atoms with van der Waals surface area (Å²) in [7, 11) is 4.38. The number of cyclic esters (lactones) is 1. The molecule has 0 aromatic rings. The Morgan fingerprint density at radius 3 is 2.21 bits per heavy atom. The Labute approximate surface area is 482 Å². The fourth-order valence-corrected chi connectivity index (χ4v) is 12.0. The van der Waals surface area contributed by atoms with E-state index in [1.165, 1.54) is 20.1 Å². The Balaban J connectivity index is 1.54. The van der Waals surface area contributed by atoms with Gasteiger partial charge in [0.25, 0.3) is 11.7 Å². The van der Waals surface area contributed by atoms with Gasteiger partial charge in [-0.25, -0.2) is 9.59 Å². The summed E-state index contributed by atoms with van der Waals surface area (Å²) in [5, 5.41) is 62.7. The quantitative estimate of drug-likeness (QED) is 0.0908. The van der Waals surface area contributed by atoms with Crippen molar-refractivity contribution in [2.75, 3.05) is 47.7 Å². The molecule has 1 aliphatic carbocycles. The van der Waals surface area contributed by atoms with E-state index in [-0.39, 0.29) is 68.6 Å². The SMILES string of the molecule is CO[C@H]1C[C@@H]2CC[C@@H](C)[C@@](O)(O2)C(=O)C(=O)N2CCCCC2C(=O)O[C@H]([C@H](C)CC2CC[C@@H](OCCO)[C@H](OC)C2)CC(=O)[C@H](C)/C=C(\C)[C@@H](OC(=O)O[C@@H]2O[C@H](CO)[C@@H](O)[C@H](O)[C@H]2O)[C@@H](OC)C(=O)[C@H](C)C[C@H](C)\C=C/C=C/C=C/1C. The number of allylic oxidation sites excluding steroid dienone is 6. The number of hydrogen-bond acceptors (Lipinski definition) is 21. The van der Waals surface area contributed by atoms with Crippen molar-refractivity contribution in [3.05, 3.63) is 47.6 Å². The number of fused-ring (bicyclic) bond motifs is 3. The molecule has 464 valence electrons. The summed E-state index contributed by atoms with van der Waals surface area (Å²) in [5.41, 5.74) is 0.979. The Bertz CT molecular complexity index is 2250. The molecule has 5 aliphatic rings. The predicted octanol–water partition coefficient (Wildman–Crippen LogP) is 4.16. The Morgan fingerprint density at radius 2 is 1.54 bits per heavy atom. The number of nitrogens with zero attached hydrogens (tertiary/aromatic N) is 1. The van der Waals surface area contributed by atoms with E-state index < -0.39 is 139 Å². The summed E-state index contributed by atoms with van der Waals surface area (Å²) in [5.74, 6) is -9.59. The molecular weight excluding hydrogens is 1070 g/mol. The zero-order valence-corrected chi connectivity index (χ0v) is 49.5. The van der Waals surface area contributed by atoms with E-state index in [0.717, 1.165) is 10.5 Å². The molecule has 5 rings (SSSR count). The maximum atomic E-state index is 14.7. The van der Waals surface area contributed by atoms with Gasteiger partial charge in [0.15, 0.2) is 18.0 Å². The van der Waals surface area contributed by atoms with Gasteiger partial charge in [0.2, 0.25) is 12.1 Å². The van der Waals surface area contributed by atoms with Gasteiger partial charge in [0.05, 0.1) is 44.2 Å². The molecule has 4 heterocycles. The van der Waals surface area contributed by atoms with Crippen LogP contribution in [0.4, 0.5) is 4.79 Å². The fraction of sp³-hybridized carbons (Fsp3) is 0.767. The summed E-state index contributed by atoms with van der Waals surface area (Å²) >= 11 is 0. The van der Waals surface area contributed by atoms with Crippen molar-refractivity contribution in [3.63, 3.8) is 0 Å². The van der Waals surface area contributed by atoms with Crippen LogP contribution in [0.2, 0.25) is 0 Å². The Kier molecular flexibility index (Phi) is 27.0. The minimum atomic E-state index is -2.50. The first-order valence-corrected chi connectivity index (χ1v) is 29.1. The third-order valence-electron chi connectivity index (χ3n) is 17.1. The zero-order valence-electron chi connectivity index (χ0n) is 49.5. The van der Waals surface area contributed by atoms with E-state index in [1.54, 1.807) is 35.0 Å². The molecule has 1 amide bonds. The number of hydrogen-bond donors (Lipinski definition) is 6. The highest BCUT2D eigenvalue weighted by Crippen LogP contribution is 2.38. The number of aliphatic hydroxyl groups excluding tert-OH is 5. The smallest absolute Gasteiger partial charge is 0.460 e. The van der Waals surface area contributed by atoms with E-state index in [9.17, 15) is 59.4 Å². The van der Waals surface area contributed by atoms with E-state index >= 15 is 0 Å². The molecule has 4 aliphatic heterocycles. The molecule has 82 heavy (non-hydrogen) atoms. The standard InChI is InChI=1S/C60H93NO21/c1-33-16-12-11-13-17-34(2)45(74-8)30-41-21-19-39(7)60(73,82-41)55(69)56(70)61-23-15-14-18-42(61)57(71)78-46(36(4)28-40-20-22-44(77-25-24-62)47(29-40)75-9)31-43(64)35(3)27-38(6)53(54(76-10)49(65)37(5)26-33)80-59(72)81-58-52(68)51(67)50(66)48(32-63)79-58/h11-13,16-17,27,33,35-37,39-42,44-48,50-54,58,62-63,66-68,73H,14-15,18-26,28-32H2,1-10H3/b13-11+,16-12-,34-17+,38-27+/t33-,35-,36-,37-,39-,40?,41+,42?,44-,45+,46+,47-,48-,50-,51+,52-,53-,54+,58+,60-/m1/s1. The zero-order chi connectivity index (χ0) is 60.6. The Hall–Kier alpha value is -4.30. The second-order valence-corrected chi connectivity index (χ2v) is 23.3. The maximum absolute atomic E-state index is 14.7. The number of ether oxygens (including phenoxy) is 9. The van der Waals surface area contributed by atoms with Gasteiger partial charge in [-0.2, -0.15) is 0 Å². The molecule has 2 bridgehead atoms. The van der Waals surface area contributed by atoms with E-state index in [2.05, 4.69) is 0 Å². The lowest BCUT2D eigenvalue weighted by Gasteiger charge is -2.42. The van der Waals surface area contributed by atoms with Crippen LogP contribution in [0.3, 0.4) is 0 Å². The minimum absolute atomic E-state index is 0.0128. The number of amides is 1. The lowest BCUT2D eigenvalue weighted by molar-refractivity contribution is -0.289. The minimum Gasteiger partial charge on any atom is -0.460 e. The number of Topliss-reactive ketones (excluding diaryl/α,β-unsaturated/α-hetero) is 3. The molecule has 6 N–H and O–H groups in total. The van der Waals surface area contributed by atoms with Crippen LogP contribution >= 0.6 is 0 Å². The second kappa shape index (κ2) is 32.3. The van der Waals surface area contributed by atoms with Gasteiger partial charge in [-0.3, -0.25) is 19.2 Å². The second-order valence-electron chi connectivity index (χ2n) is 23.3. The normalized spacial score (nSPS) is 40.0. The largest absolute Gasteiger partial charge is 0.511 e. The number of carbonyl (C=O) groups excluding carboxylic acids is 6. The first kappa shape index (κ1) is 68.5. The summed E-state index contributed by atoms with van der Waals surface area (Å²) < 4.78 is 52.4. The first-order chi connectivity index (χ1) is 38.9. The summed E-state index contributed by atoms with van der Waals surface area (Å²) in [4.78, 5) is 87.6. The van der Waals surface area contributed by atoms with E-state index in [4.69, 9.17) is 42.6 Å². The molecule has 0 radical (unpaired) electrons. The van der Waals surface area contributed by atoms with Crippen molar-refractivity contribution in [1.82, 2.24) is 4.90 Å². The molecule has 22 nitrogen and oxygen atoms in total. The monoisotopic (exact) mass is 1160 g/mol.